The number of para-hydroxylation sites is 3. The molecule has 0 spiro atoms. The molecule has 228 valence electrons. The lowest BCUT2D eigenvalue weighted by Crippen LogP contribution is -1.98. The summed E-state index contributed by atoms with van der Waals surface area (Å²) in [6.07, 6.45) is 0. The van der Waals surface area contributed by atoms with Gasteiger partial charge in [0.15, 0.2) is 0 Å². The van der Waals surface area contributed by atoms with Crippen LogP contribution >= 0.6 is 0 Å². The second-order valence-electron chi connectivity index (χ2n) is 13.2. The van der Waals surface area contributed by atoms with Gasteiger partial charge in [0.2, 0.25) is 0 Å². The van der Waals surface area contributed by atoms with E-state index >= 15 is 0 Å². The van der Waals surface area contributed by atoms with Crippen LogP contribution in [0.2, 0.25) is 0 Å². The van der Waals surface area contributed by atoms with E-state index in [-0.39, 0.29) is 0 Å². The van der Waals surface area contributed by atoms with Crippen LogP contribution in [-0.4, -0.2) is 13.7 Å². The minimum absolute atomic E-state index is 1.17. The van der Waals surface area contributed by atoms with E-state index in [1.54, 1.807) is 0 Å². The Morgan fingerprint density at radius 2 is 0.604 bits per heavy atom. The van der Waals surface area contributed by atoms with Gasteiger partial charge in [0.1, 0.15) is 0 Å². The molecule has 0 fully saturated rings. The second-order valence-corrected chi connectivity index (χ2v) is 13.2. The Hall–Kier alpha value is -6.06. The molecule has 0 aliphatic carbocycles. The first-order valence-electron chi connectivity index (χ1n) is 16.7. The molecule has 0 bridgehead atoms. The van der Waals surface area contributed by atoms with Gasteiger partial charge < -0.3 is 13.7 Å². The largest absolute Gasteiger partial charge is 0.308 e. The molecule has 0 saturated heterocycles. The Balaban J connectivity index is 1.61. The smallest absolute Gasteiger partial charge is 0.0663 e. The third kappa shape index (κ3) is 3.64. The minimum Gasteiger partial charge on any atom is -0.308 e. The van der Waals surface area contributed by atoms with Crippen LogP contribution in [0.1, 0.15) is 16.7 Å². The molecule has 10 aromatic rings. The van der Waals surface area contributed by atoms with Crippen molar-refractivity contribution < 1.29 is 0 Å². The summed E-state index contributed by atoms with van der Waals surface area (Å²) in [6.45, 7) is 6.55. The van der Waals surface area contributed by atoms with Crippen molar-refractivity contribution >= 4 is 65.4 Å². The summed E-state index contributed by atoms with van der Waals surface area (Å²) in [5, 5.41) is 7.60. The standard InChI is InChI=1S/C45H33N3/c1-28-13-10-16-31(25-28)46-37-22-7-4-19-34(37)40-43(46)41-35-20-5-8-23-38(35)47(32-17-11-14-29(2)26-32)45(41)42-36-21-6-9-24-39(36)48(44(40)42)33-18-12-15-30(3)27-33/h4-27H,1-3H3. The normalized spacial score (nSPS) is 12.1. The number of hydrogen-bond donors (Lipinski definition) is 0. The monoisotopic (exact) mass is 615 g/mol. The molecule has 0 aliphatic heterocycles. The van der Waals surface area contributed by atoms with Gasteiger partial charge in [0.05, 0.1) is 33.1 Å². The Bertz CT molecular complexity index is 2580. The van der Waals surface area contributed by atoms with Crippen molar-refractivity contribution in [1.29, 1.82) is 0 Å². The summed E-state index contributed by atoms with van der Waals surface area (Å²) < 4.78 is 7.56. The van der Waals surface area contributed by atoms with E-state index in [9.17, 15) is 0 Å². The van der Waals surface area contributed by atoms with Crippen molar-refractivity contribution in [2.75, 3.05) is 0 Å². The van der Waals surface area contributed by atoms with Crippen molar-refractivity contribution in [3.05, 3.63) is 162 Å². The highest BCUT2D eigenvalue weighted by atomic mass is 15.0. The van der Waals surface area contributed by atoms with Crippen LogP contribution in [0.3, 0.4) is 0 Å². The lowest BCUT2D eigenvalue weighted by molar-refractivity contribution is 1.16. The molecule has 3 aromatic heterocycles. The highest BCUT2D eigenvalue weighted by molar-refractivity contribution is 6.40. The first-order valence-corrected chi connectivity index (χ1v) is 16.7. The number of rotatable bonds is 3. The number of benzene rings is 7. The molecular weight excluding hydrogens is 583 g/mol. The fraction of sp³-hybridized carbons (Fsp3) is 0.0667. The summed E-state index contributed by atoms with van der Waals surface area (Å²) in [5.74, 6) is 0. The fourth-order valence-electron chi connectivity index (χ4n) is 8.25. The van der Waals surface area contributed by atoms with Crippen LogP contribution in [0.5, 0.6) is 0 Å². The van der Waals surface area contributed by atoms with Gasteiger partial charge in [-0.15, -0.1) is 0 Å². The maximum Gasteiger partial charge on any atom is 0.0663 e. The molecule has 0 amide bonds. The van der Waals surface area contributed by atoms with Crippen molar-refractivity contribution in [2.24, 2.45) is 0 Å². The van der Waals surface area contributed by atoms with Crippen LogP contribution in [0.15, 0.2) is 146 Å². The van der Waals surface area contributed by atoms with Crippen molar-refractivity contribution in [2.45, 2.75) is 20.8 Å². The number of aryl methyl sites for hydroxylation is 3. The molecule has 3 nitrogen and oxygen atoms in total. The molecule has 7 aromatic carbocycles. The molecule has 0 radical (unpaired) electrons. The summed E-state index contributed by atoms with van der Waals surface area (Å²) in [5.41, 5.74) is 14.6. The Labute approximate surface area is 278 Å². The SMILES string of the molecule is Cc1cccc(-n2c3ccccc3c3c2c2c4ccccc4n(-c4cccc(C)c4)c2c2c4ccccc4n(-c4cccc(C)c4)c32)c1. The molecular formula is C45H33N3. The van der Waals surface area contributed by atoms with Crippen LogP contribution < -0.4 is 0 Å². The Morgan fingerprint density at radius 3 is 0.896 bits per heavy atom. The molecule has 0 unspecified atom stereocenters. The molecule has 10 rings (SSSR count). The van der Waals surface area contributed by atoms with Crippen LogP contribution in [0.4, 0.5) is 0 Å². The molecule has 3 heteroatoms. The third-order valence-corrected chi connectivity index (χ3v) is 10.1. The summed E-state index contributed by atoms with van der Waals surface area (Å²) in [6, 6.07) is 53.7. The number of fused-ring (bicyclic) bond motifs is 12. The van der Waals surface area contributed by atoms with E-state index < -0.39 is 0 Å². The van der Waals surface area contributed by atoms with Gasteiger partial charge in [-0.1, -0.05) is 91.0 Å². The zero-order valence-electron chi connectivity index (χ0n) is 27.2. The molecule has 0 saturated carbocycles. The molecule has 0 N–H and O–H groups in total. The van der Waals surface area contributed by atoms with E-state index in [4.69, 9.17) is 0 Å². The van der Waals surface area contributed by atoms with E-state index in [2.05, 4.69) is 180 Å². The molecule has 3 heterocycles. The fourth-order valence-corrected chi connectivity index (χ4v) is 8.25. The number of aromatic nitrogens is 3. The molecule has 0 aliphatic rings. The number of nitrogens with zero attached hydrogens (tertiary/aromatic N) is 3. The van der Waals surface area contributed by atoms with E-state index in [1.165, 1.54) is 99.2 Å². The lowest BCUT2D eigenvalue weighted by atomic mass is 10.0. The lowest BCUT2D eigenvalue weighted by Gasteiger charge is -2.14. The van der Waals surface area contributed by atoms with E-state index in [0.29, 0.717) is 0 Å². The van der Waals surface area contributed by atoms with Gasteiger partial charge >= 0.3 is 0 Å². The summed E-state index contributed by atoms with van der Waals surface area (Å²) in [7, 11) is 0. The molecule has 48 heavy (non-hydrogen) atoms. The van der Waals surface area contributed by atoms with Gasteiger partial charge in [-0.3, -0.25) is 0 Å². The topological polar surface area (TPSA) is 14.8 Å². The van der Waals surface area contributed by atoms with Crippen molar-refractivity contribution in [3.8, 4) is 17.1 Å². The van der Waals surface area contributed by atoms with E-state index in [0.717, 1.165) is 0 Å². The van der Waals surface area contributed by atoms with Gasteiger partial charge in [-0.25, -0.2) is 0 Å². The zero-order valence-corrected chi connectivity index (χ0v) is 27.2. The van der Waals surface area contributed by atoms with E-state index in [1.807, 2.05) is 0 Å². The minimum atomic E-state index is 1.17. The van der Waals surface area contributed by atoms with Gasteiger partial charge in [0, 0.05) is 49.4 Å². The predicted molar refractivity (Wildman–Crippen MR) is 204 cm³/mol. The second kappa shape index (κ2) is 9.97. The average molecular weight is 616 g/mol. The van der Waals surface area contributed by atoms with Crippen LogP contribution in [0, 0.1) is 20.8 Å². The third-order valence-electron chi connectivity index (χ3n) is 10.1. The van der Waals surface area contributed by atoms with Gasteiger partial charge in [0.25, 0.3) is 0 Å². The number of hydrogen-bond acceptors (Lipinski definition) is 0. The highest BCUT2D eigenvalue weighted by Gasteiger charge is 2.28. The Morgan fingerprint density at radius 1 is 0.312 bits per heavy atom. The van der Waals surface area contributed by atoms with Crippen LogP contribution in [0.25, 0.3) is 82.5 Å². The van der Waals surface area contributed by atoms with Crippen molar-refractivity contribution in [3.63, 3.8) is 0 Å². The highest BCUT2D eigenvalue weighted by Crippen LogP contribution is 2.50. The average Bonchev–Trinajstić information content (AvgIpc) is 3.74. The quantitative estimate of drug-likeness (QED) is 0.188. The summed E-state index contributed by atoms with van der Waals surface area (Å²) >= 11 is 0. The predicted octanol–water partition coefficient (Wildman–Crippen LogP) is 11.9. The zero-order chi connectivity index (χ0) is 32.1. The maximum absolute atomic E-state index is 2.52. The van der Waals surface area contributed by atoms with Crippen LogP contribution in [-0.2, 0) is 0 Å². The van der Waals surface area contributed by atoms with Crippen molar-refractivity contribution in [1.82, 2.24) is 13.7 Å². The maximum atomic E-state index is 2.52. The molecule has 0 atom stereocenters. The Kier molecular flexibility index (Phi) is 5.63. The first kappa shape index (κ1) is 27.1. The van der Waals surface area contributed by atoms with Gasteiger partial charge in [-0.2, -0.15) is 0 Å². The first-order chi connectivity index (χ1) is 23.6. The van der Waals surface area contributed by atoms with Gasteiger partial charge in [-0.05, 0) is 92.1 Å². The summed E-state index contributed by atoms with van der Waals surface area (Å²) in [4.78, 5) is 0.